The maximum atomic E-state index is 11.8. The van der Waals surface area contributed by atoms with Crippen LogP contribution in [-0.4, -0.2) is 56.0 Å². The van der Waals surface area contributed by atoms with Gasteiger partial charge in [-0.25, -0.2) is 0 Å². The summed E-state index contributed by atoms with van der Waals surface area (Å²) in [6, 6.07) is 9.02. The van der Waals surface area contributed by atoms with Crippen molar-refractivity contribution in [3.8, 4) is 0 Å². The van der Waals surface area contributed by atoms with Crippen LogP contribution in [0.25, 0.3) is 0 Å². The number of aliphatic imine (C=N–C) groups is 1. The highest BCUT2D eigenvalue weighted by Gasteiger charge is 2.27. The van der Waals surface area contributed by atoms with Gasteiger partial charge in [-0.1, -0.05) is 19.1 Å². The summed E-state index contributed by atoms with van der Waals surface area (Å²) in [6.45, 7) is 6.85. The second kappa shape index (κ2) is 10.8. The van der Waals surface area contributed by atoms with Crippen LogP contribution in [-0.2, 0) is 11.3 Å². The van der Waals surface area contributed by atoms with Crippen LogP contribution >= 0.6 is 24.0 Å². The Morgan fingerprint density at radius 3 is 2.56 bits per heavy atom. The van der Waals surface area contributed by atoms with E-state index < -0.39 is 0 Å². The number of likely N-dealkylation sites (N-methyl/N-ethyl adjacent to an activating group) is 1. The van der Waals surface area contributed by atoms with Crippen LogP contribution in [0.4, 0.5) is 5.69 Å². The lowest BCUT2D eigenvalue weighted by Gasteiger charge is -2.21. The number of hydrogen-bond donors (Lipinski definition) is 2. The van der Waals surface area contributed by atoms with Crippen molar-refractivity contribution in [1.29, 1.82) is 0 Å². The highest BCUT2D eigenvalue weighted by Crippen LogP contribution is 2.25. The van der Waals surface area contributed by atoms with Crippen molar-refractivity contribution in [1.82, 2.24) is 15.5 Å². The van der Waals surface area contributed by atoms with Gasteiger partial charge >= 0.3 is 0 Å². The molecule has 3 rings (SSSR count). The van der Waals surface area contributed by atoms with Gasteiger partial charge in [-0.05, 0) is 43.5 Å². The predicted octanol–water partition coefficient (Wildman–Crippen LogP) is 2.58. The maximum absolute atomic E-state index is 11.8. The minimum Gasteiger partial charge on any atom is -0.355 e. The van der Waals surface area contributed by atoms with Gasteiger partial charge < -0.3 is 15.5 Å². The van der Waals surface area contributed by atoms with Crippen LogP contribution in [0.15, 0.2) is 29.3 Å². The molecule has 2 aliphatic rings. The van der Waals surface area contributed by atoms with Gasteiger partial charge in [-0.3, -0.25) is 14.7 Å². The molecule has 1 saturated heterocycles. The summed E-state index contributed by atoms with van der Waals surface area (Å²) in [5.74, 6) is 1.06. The van der Waals surface area contributed by atoms with Crippen molar-refractivity contribution in [2.75, 3.05) is 38.1 Å². The Hall–Kier alpha value is -1.35. The van der Waals surface area contributed by atoms with Crippen LogP contribution in [0, 0.1) is 0 Å². The average molecular weight is 485 g/mol. The average Bonchev–Trinajstić information content (AvgIpc) is 3.42. The lowest BCUT2D eigenvalue weighted by molar-refractivity contribution is -0.117. The van der Waals surface area contributed by atoms with E-state index >= 15 is 0 Å². The van der Waals surface area contributed by atoms with Crippen molar-refractivity contribution in [3.05, 3.63) is 29.8 Å². The van der Waals surface area contributed by atoms with Gasteiger partial charge in [0, 0.05) is 51.4 Å². The van der Waals surface area contributed by atoms with Gasteiger partial charge in [0.1, 0.15) is 0 Å². The third-order valence-corrected chi connectivity index (χ3v) is 5.17. The first-order valence-electron chi connectivity index (χ1n) is 9.79. The fraction of sp³-hybridized carbons (Fsp3) is 0.600. The van der Waals surface area contributed by atoms with E-state index in [9.17, 15) is 4.79 Å². The Bertz CT molecular complexity index is 630. The smallest absolute Gasteiger partial charge is 0.227 e. The number of rotatable bonds is 8. The Morgan fingerprint density at radius 1 is 1.26 bits per heavy atom. The predicted molar refractivity (Wildman–Crippen MR) is 122 cm³/mol. The van der Waals surface area contributed by atoms with Crippen LogP contribution in [0.1, 0.15) is 38.2 Å². The van der Waals surface area contributed by atoms with Crippen molar-refractivity contribution in [3.63, 3.8) is 0 Å². The molecule has 1 amide bonds. The monoisotopic (exact) mass is 485 g/mol. The molecule has 1 saturated carbocycles. The summed E-state index contributed by atoms with van der Waals surface area (Å²) < 4.78 is 0. The topological polar surface area (TPSA) is 60.0 Å². The SMILES string of the molecule is CCN(CCNC(=NC)NCc1ccc(N2CCCC2=O)cc1)C1CC1.I. The van der Waals surface area contributed by atoms with E-state index in [0.29, 0.717) is 13.0 Å². The summed E-state index contributed by atoms with van der Waals surface area (Å²) >= 11 is 0. The summed E-state index contributed by atoms with van der Waals surface area (Å²) in [5.41, 5.74) is 2.18. The first-order chi connectivity index (χ1) is 12.7. The maximum Gasteiger partial charge on any atom is 0.227 e. The zero-order chi connectivity index (χ0) is 18.4. The number of nitrogens with one attached hydrogen (secondary N) is 2. The van der Waals surface area contributed by atoms with Gasteiger partial charge in [-0.15, -0.1) is 24.0 Å². The van der Waals surface area contributed by atoms with E-state index in [1.165, 1.54) is 18.4 Å². The Morgan fingerprint density at radius 2 is 2.00 bits per heavy atom. The highest BCUT2D eigenvalue weighted by molar-refractivity contribution is 14.0. The number of benzene rings is 1. The lowest BCUT2D eigenvalue weighted by atomic mass is 10.2. The van der Waals surface area contributed by atoms with Crippen molar-refractivity contribution >= 4 is 41.5 Å². The summed E-state index contributed by atoms with van der Waals surface area (Å²) in [4.78, 5) is 20.5. The highest BCUT2D eigenvalue weighted by atomic mass is 127. The largest absolute Gasteiger partial charge is 0.355 e. The first-order valence-corrected chi connectivity index (χ1v) is 9.79. The Labute approximate surface area is 179 Å². The molecule has 27 heavy (non-hydrogen) atoms. The third kappa shape index (κ3) is 6.34. The minimum absolute atomic E-state index is 0. The quantitative estimate of drug-likeness (QED) is 0.338. The molecule has 0 spiro atoms. The molecule has 0 radical (unpaired) electrons. The van der Waals surface area contributed by atoms with E-state index in [0.717, 1.165) is 50.3 Å². The number of carbonyl (C=O) groups excluding carboxylic acids is 1. The van der Waals surface area contributed by atoms with Crippen LogP contribution in [0.3, 0.4) is 0 Å². The number of hydrogen-bond acceptors (Lipinski definition) is 3. The van der Waals surface area contributed by atoms with E-state index in [1.54, 1.807) is 7.05 Å². The van der Waals surface area contributed by atoms with Gasteiger partial charge in [0.25, 0.3) is 0 Å². The van der Waals surface area contributed by atoms with Crippen molar-refractivity contribution in [2.45, 2.75) is 45.2 Å². The van der Waals surface area contributed by atoms with E-state index in [2.05, 4.69) is 39.6 Å². The fourth-order valence-corrected chi connectivity index (χ4v) is 3.48. The summed E-state index contributed by atoms with van der Waals surface area (Å²) in [7, 11) is 1.80. The second-order valence-electron chi connectivity index (χ2n) is 7.03. The molecule has 2 fully saturated rings. The molecular formula is C20H32IN5O. The molecule has 1 aliphatic carbocycles. The van der Waals surface area contributed by atoms with E-state index in [4.69, 9.17) is 0 Å². The molecular weight excluding hydrogens is 453 g/mol. The molecule has 7 heteroatoms. The number of carbonyl (C=O) groups is 1. The molecule has 150 valence electrons. The van der Waals surface area contributed by atoms with Crippen LogP contribution < -0.4 is 15.5 Å². The van der Waals surface area contributed by atoms with Gasteiger partial charge in [0.2, 0.25) is 5.91 Å². The molecule has 1 aromatic carbocycles. The molecule has 0 bridgehead atoms. The Kier molecular flexibility index (Phi) is 8.82. The molecule has 1 aliphatic heterocycles. The van der Waals surface area contributed by atoms with Gasteiger partial charge in [0.15, 0.2) is 5.96 Å². The van der Waals surface area contributed by atoms with Gasteiger partial charge in [-0.2, -0.15) is 0 Å². The minimum atomic E-state index is 0. The summed E-state index contributed by atoms with van der Waals surface area (Å²) in [5, 5.41) is 6.75. The molecule has 2 N–H and O–H groups in total. The number of anilines is 1. The van der Waals surface area contributed by atoms with Crippen LogP contribution in [0.2, 0.25) is 0 Å². The van der Waals surface area contributed by atoms with E-state index in [1.807, 2.05) is 17.0 Å². The molecule has 1 aromatic rings. The first kappa shape index (κ1) is 21.9. The van der Waals surface area contributed by atoms with E-state index in [-0.39, 0.29) is 29.9 Å². The fourth-order valence-electron chi connectivity index (χ4n) is 3.48. The molecule has 6 nitrogen and oxygen atoms in total. The molecule has 0 unspecified atom stereocenters. The number of halogens is 1. The third-order valence-electron chi connectivity index (χ3n) is 5.17. The zero-order valence-electron chi connectivity index (χ0n) is 16.4. The van der Waals surface area contributed by atoms with Crippen LogP contribution in [0.5, 0.6) is 0 Å². The lowest BCUT2D eigenvalue weighted by Crippen LogP contribution is -2.41. The molecule has 0 aromatic heterocycles. The molecule has 1 heterocycles. The number of guanidine groups is 1. The number of amides is 1. The zero-order valence-corrected chi connectivity index (χ0v) is 18.7. The Balaban J connectivity index is 0.00000261. The second-order valence-corrected chi connectivity index (χ2v) is 7.03. The van der Waals surface area contributed by atoms with Crippen molar-refractivity contribution < 1.29 is 4.79 Å². The summed E-state index contributed by atoms with van der Waals surface area (Å²) in [6.07, 6.45) is 4.32. The molecule has 0 atom stereocenters. The normalized spacial score (nSPS) is 17.2. The van der Waals surface area contributed by atoms with Crippen molar-refractivity contribution in [2.24, 2.45) is 4.99 Å². The standard InChI is InChI=1S/C20H31N5O.HI/c1-3-24(17-10-11-17)14-12-22-20(21-2)23-15-16-6-8-18(9-7-16)25-13-4-5-19(25)26;/h6-9,17H,3-5,10-15H2,1-2H3,(H2,21,22,23);1H. The number of nitrogens with zero attached hydrogens (tertiary/aromatic N) is 3. The van der Waals surface area contributed by atoms with Gasteiger partial charge in [0.05, 0.1) is 0 Å².